The molecule has 0 atom stereocenters. The summed E-state index contributed by atoms with van der Waals surface area (Å²) < 4.78 is 25.8. The molecule has 0 saturated heterocycles. The molecule has 4 nitrogen and oxygen atoms in total. The fraction of sp³-hybridized carbons (Fsp3) is 0.286. The quantitative estimate of drug-likeness (QED) is 0.879. The molecular formula is C14H18N2O2S. The van der Waals surface area contributed by atoms with Crippen molar-refractivity contribution in [2.75, 3.05) is 6.54 Å². The van der Waals surface area contributed by atoms with Gasteiger partial charge in [0, 0.05) is 18.9 Å². The lowest BCUT2D eigenvalue weighted by Crippen LogP contribution is -2.14. The molecular weight excluding hydrogens is 260 g/mol. The van der Waals surface area contributed by atoms with Crippen molar-refractivity contribution in [2.24, 2.45) is 0 Å². The maximum Gasteiger partial charge on any atom is 0.242 e. The lowest BCUT2D eigenvalue weighted by molar-refractivity contribution is 0.586. The van der Waals surface area contributed by atoms with Gasteiger partial charge in [-0.15, -0.1) is 0 Å². The Labute approximate surface area is 114 Å². The van der Waals surface area contributed by atoms with Crippen LogP contribution in [0.5, 0.6) is 0 Å². The van der Waals surface area contributed by atoms with Gasteiger partial charge in [0.25, 0.3) is 0 Å². The Bertz CT molecular complexity index is 618. The fourth-order valence-electron chi connectivity index (χ4n) is 1.83. The lowest BCUT2D eigenvalue weighted by atomic mass is 10.2. The van der Waals surface area contributed by atoms with Crippen LogP contribution in [-0.4, -0.2) is 18.9 Å². The van der Waals surface area contributed by atoms with Crippen LogP contribution in [0, 0.1) is 0 Å². The fourth-order valence-corrected chi connectivity index (χ4v) is 3.13. The van der Waals surface area contributed by atoms with Gasteiger partial charge in [0.1, 0.15) is 0 Å². The molecule has 0 aliphatic rings. The Hall–Kier alpha value is -1.59. The summed E-state index contributed by atoms with van der Waals surface area (Å²) in [6, 6.07) is 11.0. The van der Waals surface area contributed by atoms with E-state index in [0.29, 0.717) is 6.54 Å². The molecule has 19 heavy (non-hydrogen) atoms. The zero-order valence-corrected chi connectivity index (χ0v) is 11.7. The monoisotopic (exact) mass is 278 g/mol. The van der Waals surface area contributed by atoms with Crippen LogP contribution in [0.3, 0.4) is 0 Å². The SMILES string of the molecule is CCNCc1ccn(S(=O)(=O)Cc2ccccc2)c1. The van der Waals surface area contributed by atoms with Gasteiger partial charge in [0.05, 0.1) is 5.75 Å². The molecule has 0 bridgehead atoms. The first-order valence-electron chi connectivity index (χ1n) is 6.26. The minimum atomic E-state index is -3.33. The molecule has 1 aromatic carbocycles. The molecule has 1 N–H and O–H groups in total. The number of rotatable bonds is 6. The Morgan fingerprint density at radius 2 is 1.84 bits per heavy atom. The molecule has 0 aliphatic heterocycles. The molecule has 0 spiro atoms. The van der Waals surface area contributed by atoms with E-state index >= 15 is 0 Å². The average Bonchev–Trinajstić information content (AvgIpc) is 2.86. The molecule has 0 radical (unpaired) electrons. The second-order valence-electron chi connectivity index (χ2n) is 4.37. The van der Waals surface area contributed by atoms with E-state index < -0.39 is 10.0 Å². The van der Waals surface area contributed by atoms with E-state index in [0.717, 1.165) is 17.7 Å². The van der Waals surface area contributed by atoms with Crippen molar-refractivity contribution < 1.29 is 8.42 Å². The number of benzene rings is 1. The van der Waals surface area contributed by atoms with Gasteiger partial charge >= 0.3 is 0 Å². The van der Waals surface area contributed by atoms with Crippen LogP contribution < -0.4 is 5.32 Å². The predicted molar refractivity (Wildman–Crippen MR) is 76.3 cm³/mol. The average molecular weight is 278 g/mol. The Morgan fingerprint density at radius 1 is 1.11 bits per heavy atom. The molecule has 0 saturated carbocycles. The van der Waals surface area contributed by atoms with Gasteiger partial charge in [-0.2, -0.15) is 0 Å². The van der Waals surface area contributed by atoms with E-state index in [1.54, 1.807) is 12.4 Å². The van der Waals surface area contributed by atoms with E-state index in [2.05, 4.69) is 5.32 Å². The van der Waals surface area contributed by atoms with Gasteiger partial charge in [0.2, 0.25) is 10.0 Å². The third kappa shape index (κ3) is 3.68. The van der Waals surface area contributed by atoms with Crippen LogP contribution >= 0.6 is 0 Å². The topological polar surface area (TPSA) is 51.1 Å². The normalized spacial score (nSPS) is 11.6. The second-order valence-corrected chi connectivity index (χ2v) is 6.25. The van der Waals surface area contributed by atoms with E-state index in [-0.39, 0.29) is 5.75 Å². The molecule has 2 aromatic rings. The van der Waals surface area contributed by atoms with Crippen LogP contribution in [-0.2, 0) is 22.3 Å². The lowest BCUT2D eigenvalue weighted by Gasteiger charge is -2.05. The van der Waals surface area contributed by atoms with E-state index in [1.165, 1.54) is 3.97 Å². The largest absolute Gasteiger partial charge is 0.313 e. The van der Waals surface area contributed by atoms with Crippen molar-refractivity contribution in [2.45, 2.75) is 19.2 Å². The van der Waals surface area contributed by atoms with Crippen LogP contribution in [0.1, 0.15) is 18.1 Å². The Morgan fingerprint density at radius 3 is 2.53 bits per heavy atom. The van der Waals surface area contributed by atoms with Gasteiger partial charge in [-0.1, -0.05) is 37.3 Å². The minimum absolute atomic E-state index is 0.0170. The van der Waals surface area contributed by atoms with E-state index in [9.17, 15) is 8.42 Å². The molecule has 1 heterocycles. The highest BCUT2D eigenvalue weighted by atomic mass is 32.2. The third-order valence-electron chi connectivity index (χ3n) is 2.82. The summed E-state index contributed by atoms with van der Waals surface area (Å²) in [5, 5.41) is 3.17. The number of aromatic nitrogens is 1. The van der Waals surface area contributed by atoms with Crippen molar-refractivity contribution in [3.63, 3.8) is 0 Å². The summed E-state index contributed by atoms with van der Waals surface area (Å²) in [5.41, 5.74) is 1.77. The number of nitrogens with one attached hydrogen (secondary N) is 1. The summed E-state index contributed by atoms with van der Waals surface area (Å²) in [4.78, 5) is 0. The van der Waals surface area contributed by atoms with Crippen LogP contribution in [0.25, 0.3) is 0 Å². The molecule has 0 unspecified atom stereocenters. The van der Waals surface area contributed by atoms with Gasteiger partial charge < -0.3 is 5.32 Å². The third-order valence-corrected chi connectivity index (χ3v) is 4.39. The zero-order valence-electron chi connectivity index (χ0n) is 10.9. The predicted octanol–water partition coefficient (Wildman–Crippen LogP) is 1.98. The van der Waals surface area contributed by atoms with Crippen LogP contribution in [0.4, 0.5) is 0 Å². The Balaban J connectivity index is 2.13. The number of nitrogens with zero attached hydrogens (tertiary/aromatic N) is 1. The molecule has 0 amide bonds. The standard InChI is InChI=1S/C14H18N2O2S/c1-2-15-10-14-8-9-16(11-14)19(17,18)12-13-6-4-3-5-7-13/h3-9,11,15H,2,10,12H2,1H3. The van der Waals surface area contributed by atoms with E-state index in [4.69, 9.17) is 0 Å². The number of hydrogen-bond acceptors (Lipinski definition) is 3. The highest BCUT2D eigenvalue weighted by molar-refractivity contribution is 7.89. The molecule has 2 rings (SSSR count). The first-order valence-corrected chi connectivity index (χ1v) is 7.87. The van der Waals surface area contributed by atoms with Gasteiger partial charge in [-0.05, 0) is 23.7 Å². The van der Waals surface area contributed by atoms with Gasteiger partial charge in [-0.3, -0.25) is 3.97 Å². The van der Waals surface area contributed by atoms with Crippen LogP contribution in [0.15, 0.2) is 48.8 Å². The van der Waals surface area contributed by atoms with Crippen molar-refractivity contribution in [3.8, 4) is 0 Å². The number of hydrogen-bond donors (Lipinski definition) is 1. The van der Waals surface area contributed by atoms with Crippen molar-refractivity contribution >= 4 is 10.0 Å². The molecule has 0 fully saturated rings. The van der Waals surface area contributed by atoms with Crippen molar-refractivity contribution in [3.05, 3.63) is 59.9 Å². The summed E-state index contributed by atoms with van der Waals surface area (Å²) >= 11 is 0. The smallest absolute Gasteiger partial charge is 0.242 e. The summed E-state index contributed by atoms with van der Waals surface area (Å²) in [6.45, 7) is 3.56. The molecule has 5 heteroatoms. The maximum atomic E-state index is 12.2. The Kier molecular flexibility index (Phi) is 4.39. The minimum Gasteiger partial charge on any atom is -0.313 e. The van der Waals surface area contributed by atoms with Crippen molar-refractivity contribution in [1.82, 2.24) is 9.29 Å². The van der Waals surface area contributed by atoms with Crippen LogP contribution in [0.2, 0.25) is 0 Å². The molecule has 0 aliphatic carbocycles. The maximum absolute atomic E-state index is 12.2. The molecule has 102 valence electrons. The van der Waals surface area contributed by atoms with E-state index in [1.807, 2.05) is 43.3 Å². The summed E-state index contributed by atoms with van der Waals surface area (Å²) in [5.74, 6) is 0.0170. The summed E-state index contributed by atoms with van der Waals surface area (Å²) in [7, 11) is -3.33. The van der Waals surface area contributed by atoms with Crippen molar-refractivity contribution in [1.29, 1.82) is 0 Å². The zero-order chi connectivity index (χ0) is 13.7. The first kappa shape index (κ1) is 13.8. The van der Waals surface area contributed by atoms with Gasteiger partial charge in [-0.25, -0.2) is 8.42 Å². The highest BCUT2D eigenvalue weighted by Crippen LogP contribution is 2.11. The second kappa shape index (κ2) is 6.04. The first-order chi connectivity index (χ1) is 9.12. The highest BCUT2D eigenvalue weighted by Gasteiger charge is 2.14. The summed E-state index contributed by atoms with van der Waals surface area (Å²) in [6.07, 6.45) is 3.27. The van der Waals surface area contributed by atoms with Gasteiger partial charge in [0.15, 0.2) is 0 Å². The molecule has 1 aromatic heterocycles.